The molecule has 1 fully saturated rings. The van der Waals surface area contributed by atoms with Crippen molar-refractivity contribution in [2.75, 3.05) is 0 Å². The van der Waals surface area contributed by atoms with Crippen molar-refractivity contribution in [3.63, 3.8) is 0 Å². The Balaban J connectivity index is 2.62. The SMILES string of the molecule is C=CCC1CC(C(C)(C)C)CCC1=O. The molecule has 0 aromatic heterocycles. The maximum atomic E-state index is 11.6. The molecule has 0 amide bonds. The van der Waals surface area contributed by atoms with Crippen molar-refractivity contribution in [1.82, 2.24) is 0 Å². The average molecular weight is 194 g/mol. The fraction of sp³-hybridized carbons (Fsp3) is 0.769. The summed E-state index contributed by atoms with van der Waals surface area (Å²) in [6.45, 7) is 10.6. The summed E-state index contributed by atoms with van der Waals surface area (Å²) in [5.41, 5.74) is 0.347. The highest BCUT2D eigenvalue weighted by molar-refractivity contribution is 5.81. The van der Waals surface area contributed by atoms with Gasteiger partial charge in [-0.15, -0.1) is 6.58 Å². The number of carbonyl (C=O) groups is 1. The molecule has 0 spiro atoms. The molecule has 1 heteroatoms. The van der Waals surface area contributed by atoms with E-state index in [9.17, 15) is 4.79 Å². The molecule has 1 saturated carbocycles. The zero-order valence-corrected chi connectivity index (χ0v) is 9.68. The normalized spacial score (nSPS) is 28.9. The molecule has 1 nitrogen and oxygen atoms in total. The number of hydrogen-bond acceptors (Lipinski definition) is 1. The minimum absolute atomic E-state index is 0.255. The van der Waals surface area contributed by atoms with Crippen LogP contribution in [-0.4, -0.2) is 5.78 Å². The number of ketones is 1. The highest BCUT2D eigenvalue weighted by Crippen LogP contribution is 2.39. The summed E-state index contributed by atoms with van der Waals surface area (Å²) in [5, 5.41) is 0. The topological polar surface area (TPSA) is 17.1 Å². The van der Waals surface area contributed by atoms with Gasteiger partial charge in [-0.1, -0.05) is 26.8 Å². The lowest BCUT2D eigenvalue weighted by Gasteiger charge is -2.36. The van der Waals surface area contributed by atoms with Crippen molar-refractivity contribution in [1.29, 1.82) is 0 Å². The van der Waals surface area contributed by atoms with E-state index in [4.69, 9.17) is 0 Å². The van der Waals surface area contributed by atoms with Crippen LogP contribution in [0.5, 0.6) is 0 Å². The van der Waals surface area contributed by atoms with E-state index in [1.165, 1.54) is 0 Å². The Morgan fingerprint density at radius 2 is 2.14 bits per heavy atom. The number of Topliss-reactive ketones (excluding diaryl/α,β-unsaturated/α-hetero) is 1. The lowest BCUT2D eigenvalue weighted by Crippen LogP contribution is -2.31. The number of rotatable bonds is 2. The second-order valence-corrected chi connectivity index (χ2v) is 5.52. The predicted molar refractivity (Wildman–Crippen MR) is 60.1 cm³/mol. The maximum absolute atomic E-state index is 11.6. The molecule has 0 N–H and O–H groups in total. The van der Waals surface area contributed by atoms with E-state index < -0.39 is 0 Å². The van der Waals surface area contributed by atoms with Crippen molar-refractivity contribution in [2.24, 2.45) is 17.3 Å². The standard InChI is InChI=1S/C13H22O/c1-5-6-10-9-11(13(2,3)4)7-8-12(10)14/h5,10-11H,1,6-9H2,2-4H3. The Morgan fingerprint density at radius 1 is 1.50 bits per heavy atom. The third-order valence-corrected chi connectivity index (χ3v) is 3.44. The Bertz CT molecular complexity index is 222. The molecule has 2 unspecified atom stereocenters. The minimum atomic E-state index is 0.255. The lowest BCUT2D eigenvalue weighted by molar-refractivity contribution is -0.126. The van der Waals surface area contributed by atoms with Crippen LogP contribution in [0.2, 0.25) is 0 Å². The Labute approximate surface area is 87.6 Å². The van der Waals surface area contributed by atoms with E-state index >= 15 is 0 Å². The third-order valence-electron chi connectivity index (χ3n) is 3.44. The van der Waals surface area contributed by atoms with Crippen molar-refractivity contribution >= 4 is 5.78 Å². The van der Waals surface area contributed by atoms with Crippen LogP contribution in [0.4, 0.5) is 0 Å². The summed E-state index contributed by atoms with van der Waals surface area (Å²) in [6, 6.07) is 0. The van der Waals surface area contributed by atoms with Gasteiger partial charge in [-0.25, -0.2) is 0 Å². The molecular formula is C13H22O. The third kappa shape index (κ3) is 2.70. The molecule has 14 heavy (non-hydrogen) atoms. The molecule has 80 valence electrons. The monoisotopic (exact) mass is 194 g/mol. The highest BCUT2D eigenvalue weighted by atomic mass is 16.1. The first-order valence-corrected chi connectivity index (χ1v) is 5.58. The van der Waals surface area contributed by atoms with E-state index in [1.807, 2.05) is 6.08 Å². The van der Waals surface area contributed by atoms with E-state index in [2.05, 4.69) is 27.4 Å². The van der Waals surface area contributed by atoms with Crippen LogP contribution in [0.3, 0.4) is 0 Å². The van der Waals surface area contributed by atoms with Gasteiger partial charge in [0, 0.05) is 12.3 Å². The highest BCUT2D eigenvalue weighted by Gasteiger charge is 2.33. The van der Waals surface area contributed by atoms with Crippen molar-refractivity contribution in [3.8, 4) is 0 Å². The average Bonchev–Trinajstić information content (AvgIpc) is 2.07. The summed E-state index contributed by atoms with van der Waals surface area (Å²) >= 11 is 0. The minimum Gasteiger partial charge on any atom is -0.299 e. The number of allylic oxidation sites excluding steroid dienone is 1. The van der Waals surface area contributed by atoms with Crippen molar-refractivity contribution in [2.45, 2.75) is 46.5 Å². The number of hydrogen-bond donors (Lipinski definition) is 0. The van der Waals surface area contributed by atoms with Crippen molar-refractivity contribution in [3.05, 3.63) is 12.7 Å². The molecule has 0 saturated heterocycles. The Morgan fingerprint density at radius 3 is 2.64 bits per heavy atom. The van der Waals surface area contributed by atoms with Gasteiger partial charge in [0.2, 0.25) is 0 Å². The maximum Gasteiger partial charge on any atom is 0.136 e. The largest absolute Gasteiger partial charge is 0.299 e. The van der Waals surface area contributed by atoms with Crippen LogP contribution in [-0.2, 0) is 4.79 Å². The number of carbonyl (C=O) groups excluding carboxylic acids is 1. The van der Waals surface area contributed by atoms with E-state index in [-0.39, 0.29) is 5.92 Å². The van der Waals surface area contributed by atoms with Gasteiger partial charge < -0.3 is 0 Å². The molecule has 1 aliphatic carbocycles. The van der Waals surface area contributed by atoms with Crippen LogP contribution in [0.25, 0.3) is 0 Å². The molecule has 1 rings (SSSR count). The molecule has 0 aliphatic heterocycles. The second-order valence-electron chi connectivity index (χ2n) is 5.52. The van der Waals surface area contributed by atoms with Crippen LogP contribution < -0.4 is 0 Å². The summed E-state index contributed by atoms with van der Waals surface area (Å²) in [7, 11) is 0. The van der Waals surface area contributed by atoms with Gasteiger partial charge in [0.25, 0.3) is 0 Å². The molecule has 2 atom stereocenters. The second kappa shape index (κ2) is 4.29. The van der Waals surface area contributed by atoms with Gasteiger partial charge >= 0.3 is 0 Å². The van der Waals surface area contributed by atoms with Crippen molar-refractivity contribution < 1.29 is 4.79 Å². The first kappa shape index (κ1) is 11.5. The van der Waals surface area contributed by atoms with Gasteiger partial charge in [-0.05, 0) is 30.6 Å². The summed E-state index contributed by atoms with van der Waals surface area (Å²) < 4.78 is 0. The fourth-order valence-corrected chi connectivity index (χ4v) is 2.33. The van der Waals surface area contributed by atoms with E-state index in [0.29, 0.717) is 17.1 Å². The predicted octanol–water partition coefficient (Wildman–Crippen LogP) is 3.59. The van der Waals surface area contributed by atoms with E-state index in [0.717, 1.165) is 25.7 Å². The summed E-state index contributed by atoms with van der Waals surface area (Å²) in [4.78, 5) is 11.6. The molecule has 0 bridgehead atoms. The molecule has 0 heterocycles. The van der Waals surface area contributed by atoms with Gasteiger partial charge in [-0.3, -0.25) is 4.79 Å². The molecule has 0 aromatic carbocycles. The molecule has 1 aliphatic rings. The quantitative estimate of drug-likeness (QED) is 0.614. The van der Waals surface area contributed by atoms with Gasteiger partial charge in [-0.2, -0.15) is 0 Å². The fourth-order valence-electron chi connectivity index (χ4n) is 2.33. The van der Waals surface area contributed by atoms with Crippen LogP contribution in [0.1, 0.15) is 46.5 Å². The molecular weight excluding hydrogens is 172 g/mol. The lowest BCUT2D eigenvalue weighted by atomic mass is 9.68. The molecule has 0 radical (unpaired) electrons. The Kier molecular flexibility index (Phi) is 3.52. The van der Waals surface area contributed by atoms with Crippen LogP contribution in [0, 0.1) is 17.3 Å². The van der Waals surface area contributed by atoms with Gasteiger partial charge in [0.15, 0.2) is 0 Å². The first-order chi connectivity index (χ1) is 6.45. The summed E-state index contributed by atoms with van der Waals surface area (Å²) in [6.07, 6.45) is 5.67. The Hall–Kier alpha value is -0.590. The van der Waals surface area contributed by atoms with Gasteiger partial charge in [0.05, 0.1) is 0 Å². The van der Waals surface area contributed by atoms with E-state index in [1.54, 1.807) is 0 Å². The zero-order valence-electron chi connectivity index (χ0n) is 9.68. The van der Waals surface area contributed by atoms with Crippen LogP contribution >= 0.6 is 0 Å². The van der Waals surface area contributed by atoms with Crippen LogP contribution in [0.15, 0.2) is 12.7 Å². The zero-order chi connectivity index (χ0) is 10.8. The smallest absolute Gasteiger partial charge is 0.136 e. The first-order valence-electron chi connectivity index (χ1n) is 5.58. The summed E-state index contributed by atoms with van der Waals surface area (Å²) in [5.74, 6) is 1.40. The molecule has 0 aromatic rings. The van der Waals surface area contributed by atoms with Gasteiger partial charge in [0.1, 0.15) is 5.78 Å².